The third-order valence-electron chi connectivity index (χ3n) is 0. The minimum absolute atomic E-state index is 0. The average Bonchev–Trinajstić information content (AvgIpc) is 0.722. The van der Waals surface area contributed by atoms with Crippen molar-refractivity contribution in [2.45, 2.75) is 0 Å². The van der Waals surface area contributed by atoms with Gasteiger partial charge in [-0.3, -0.25) is 0 Å². The van der Waals surface area contributed by atoms with E-state index in [1.807, 2.05) is 0 Å². The van der Waals surface area contributed by atoms with Crippen molar-refractivity contribution in [1.82, 2.24) is 0 Å². The van der Waals surface area contributed by atoms with Crippen molar-refractivity contribution < 1.29 is 108 Å². The Morgan fingerprint density at radius 1 is 0.889 bits per heavy atom. The Hall–Kier alpha value is 3.33. The summed E-state index contributed by atoms with van der Waals surface area (Å²) in [5.41, 5.74) is 0. The van der Waals surface area contributed by atoms with Crippen molar-refractivity contribution in [1.29, 1.82) is 0 Å². The fourth-order valence-electron chi connectivity index (χ4n) is 0. The maximum absolute atomic E-state index is 8.55. The number of hydrogen-bond acceptors (Lipinski definition) is 4. The minimum Gasteiger partial charge on any atom is -0.822 e. The Kier molecular flexibility index (Phi) is 45.5. The van der Waals surface area contributed by atoms with Crippen LogP contribution < -0.4 is 103 Å². The second-order valence-corrected chi connectivity index (χ2v) is 1.34. The maximum atomic E-state index is 8.55. The molecule has 0 aromatic carbocycles. The second kappa shape index (κ2) is 13.9. The molecule has 0 fully saturated rings. The first-order chi connectivity index (χ1) is 2.00. The molecule has 0 aromatic heterocycles. The van der Waals surface area contributed by atoms with Crippen molar-refractivity contribution in [2.24, 2.45) is 0 Å². The van der Waals surface area contributed by atoms with E-state index < -0.39 is 7.82 Å². The molecule has 0 amide bonds. The van der Waals surface area contributed by atoms with Gasteiger partial charge in [0.15, 0.2) is 0 Å². The van der Waals surface area contributed by atoms with Gasteiger partial charge in [0, 0.05) is 0 Å². The van der Waals surface area contributed by atoms with Gasteiger partial charge in [-0.15, -0.1) is 0 Å². The van der Waals surface area contributed by atoms with Gasteiger partial charge < -0.3 is 19.2 Å². The molecule has 40 valence electrons. The smallest absolute Gasteiger partial charge is 0.822 e. The monoisotopic (exact) mass is 196 g/mol. The predicted molar refractivity (Wildman–Crippen MR) is 18.9 cm³/mol. The summed E-state index contributed by atoms with van der Waals surface area (Å²) in [5.74, 6) is 0. The summed E-state index contributed by atoms with van der Waals surface area (Å²) in [6, 6.07) is 0. The molecule has 0 aliphatic rings. The summed E-state index contributed by atoms with van der Waals surface area (Å²) < 4.78 is 8.55. The van der Waals surface area contributed by atoms with Crippen LogP contribution in [0.3, 0.4) is 0 Å². The number of phosphoric acid groups is 1. The first-order valence-electron chi connectivity index (χ1n) is 0.730. The third kappa shape index (κ3) is 89.0. The molecule has 0 aromatic rings. The molecule has 0 radical (unpaired) electrons. The van der Waals surface area contributed by atoms with Gasteiger partial charge in [0.05, 0.1) is 0 Å². The maximum Gasteiger partial charge on any atom is 1.00 e. The first-order valence-corrected chi connectivity index (χ1v) is 2.19. The summed E-state index contributed by atoms with van der Waals surface area (Å²) >= 11 is 0. The molecule has 0 aliphatic carbocycles. The Morgan fingerprint density at radius 3 is 0.889 bits per heavy atom. The molecule has 0 rings (SSSR count). The molecule has 0 heterocycles. The average molecular weight is 196 g/mol. The summed E-state index contributed by atoms with van der Waals surface area (Å²) in [5, 5.41) is 0. The Balaban J connectivity index is -0.0000000133. The molecule has 0 aliphatic heterocycles. The zero-order chi connectivity index (χ0) is 4.50. The molecule has 0 saturated carbocycles. The minimum atomic E-state index is -5.39. The summed E-state index contributed by atoms with van der Waals surface area (Å²) in [4.78, 5) is 25.6. The van der Waals surface area contributed by atoms with Crippen LogP contribution in [0.15, 0.2) is 0 Å². The van der Waals surface area contributed by atoms with Crippen LogP contribution in [0.2, 0.25) is 0 Å². The van der Waals surface area contributed by atoms with Crippen molar-refractivity contribution >= 4 is 18.8 Å². The molecule has 9 heavy (non-hydrogen) atoms. The van der Waals surface area contributed by atoms with E-state index >= 15 is 0 Å². The van der Waals surface area contributed by atoms with Crippen molar-refractivity contribution in [3.05, 3.63) is 0 Å². The van der Waals surface area contributed by atoms with Crippen LogP contribution in [-0.2, 0) is 4.57 Å². The Labute approximate surface area is 124 Å². The zero-order valence-electron chi connectivity index (χ0n) is 5.08. The van der Waals surface area contributed by atoms with Crippen molar-refractivity contribution in [3.8, 4) is 0 Å². The van der Waals surface area contributed by atoms with E-state index in [4.69, 9.17) is 19.2 Å². The molecule has 0 N–H and O–H groups in total. The normalized spacial score (nSPS) is 6.56. The van der Waals surface area contributed by atoms with Crippen LogP contribution in [0.1, 0.15) is 0 Å². The molecule has 0 spiro atoms. The van der Waals surface area contributed by atoms with Crippen LogP contribution in [0, 0.1) is 0 Å². The van der Waals surface area contributed by atoms with E-state index in [-0.39, 0.29) is 99.6 Å². The van der Waals surface area contributed by atoms with Crippen LogP contribution in [0.5, 0.6) is 0 Å². The van der Waals surface area contributed by atoms with E-state index in [0.29, 0.717) is 0 Å². The fourth-order valence-corrected chi connectivity index (χ4v) is 0. The second-order valence-electron chi connectivity index (χ2n) is 0.447. The third-order valence-corrected chi connectivity index (χ3v) is 0. The Bertz CT molecular complexity index is 61.9. The van der Waals surface area contributed by atoms with Gasteiger partial charge in [0.25, 0.3) is 0 Å². The zero-order valence-corrected chi connectivity index (χ0v) is 12.0. The van der Waals surface area contributed by atoms with E-state index in [9.17, 15) is 0 Å². The van der Waals surface area contributed by atoms with Gasteiger partial charge >= 0.3 is 88.7 Å². The largest absolute Gasteiger partial charge is 1.00 e. The molecular formula is H4Na3O4PSi. The van der Waals surface area contributed by atoms with Crippen LogP contribution in [0.25, 0.3) is 0 Å². The van der Waals surface area contributed by atoms with E-state index in [1.54, 1.807) is 0 Å². The van der Waals surface area contributed by atoms with Gasteiger partial charge in [-0.25, -0.2) is 0 Å². The van der Waals surface area contributed by atoms with Crippen molar-refractivity contribution in [3.63, 3.8) is 0 Å². The first kappa shape index (κ1) is 29.5. The van der Waals surface area contributed by atoms with E-state index in [2.05, 4.69) is 0 Å². The quantitative estimate of drug-likeness (QED) is 0.284. The molecular weight excluding hydrogens is 192 g/mol. The SMILES string of the molecule is O=P([O-])([O-])[O-].[Na+].[Na+].[Na+].[SiH4]. The van der Waals surface area contributed by atoms with Gasteiger partial charge in [-0.2, -0.15) is 7.82 Å². The topological polar surface area (TPSA) is 86.2 Å². The van der Waals surface area contributed by atoms with Crippen LogP contribution >= 0.6 is 7.82 Å². The summed E-state index contributed by atoms with van der Waals surface area (Å²) in [6.07, 6.45) is 0. The van der Waals surface area contributed by atoms with Crippen LogP contribution in [0.4, 0.5) is 0 Å². The van der Waals surface area contributed by atoms with E-state index in [1.165, 1.54) is 0 Å². The Morgan fingerprint density at radius 2 is 0.889 bits per heavy atom. The molecule has 4 nitrogen and oxygen atoms in total. The molecule has 0 bridgehead atoms. The summed E-state index contributed by atoms with van der Waals surface area (Å²) in [7, 11) is -5.39. The predicted octanol–water partition coefficient (Wildman–Crippen LogP) is -13.3. The fraction of sp³-hybridized carbons (Fsp3) is 0. The molecule has 9 heteroatoms. The van der Waals surface area contributed by atoms with E-state index in [0.717, 1.165) is 0 Å². The summed E-state index contributed by atoms with van der Waals surface area (Å²) in [6.45, 7) is 0. The standard InChI is InChI=1S/3Na.H3O4P.H4Si/c;;;1-5(2,3)4;/h;;;(H3,1,2,3,4);1H4/q3*+1;;/p-3. The van der Waals surface area contributed by atoms with Gasteiger partial charge in [-0.1, -0.05) is 0 Å². The molecule has 0 saturated heterocycles. The van der Waals surface area contributed by atoms with Gasteiger partial charge in [0.1, 0.15) is 0 Å². The van der Waals surface area contributed by atoms with Gasteiger partial charge in [0.2, 0.25) is 0 Å². The molecule has 0 unspecified atom stereocenters. The van der Waals surface area contributed by atoms with Crippen LogP contribution in [-0.4, -0.2) is 11.0 Å². The number of rotatable bonds is 0. The van der Waals surface area contributed by atoms with Gasteiger partial charge in [-0.05, 0) is 11.0 Å². The molecule has 0 atom stereocenters. The van der Waals surface area contributed by atoms with Crippen molar-refractivity contribution in [2.75, 3.05) is 0 Å². The number of hydrogen-bond donors (Lipinski definition) is 0.